The highest BCUT2D eigenvalue weighted by Crippen LogP contribution is 2.18. The van der Waals surface area contributed by atoms with Crippen LogP contribution in [-0.2, 0) is 11.4 Å². The van der Waals surface area contributed by atoms with Crippen LogP contribution in [0.1, 0.15) is 11.1 Å². The molecule has 1 fully saturated rings. The molecule has 1 aliphatic heterocycles. The number of ether oxygens (including phenoxy) is 1. The maximum atomic E-state index is 13.6. The normalized spacial score (nSPS) is 15.8. The highest BCUT2D eigenvalue weighted by Gasteiger charge is 2.15. The van der Waals surface area contributed by atoms with Crippen molar-refractivity contribution in [1.29, 1.82) is 0 Å². The Morgan fingerprint density at radius 3 is 2.68 bits per heavy atom. The van der Waals surface area contributed by atoms with Crippen LogP contribution < -0.4 is 10.1 Å². The zero-order chi connectivity index (χ0) is 17.6. The van der Waals surface area contributed by atoms with Crippen LogP contribution >= 0.6 is 11.8 Å². The molecule has 1 amide bonds. The number of carbonyl (C=O) groups excluding carboxylic acids is 1. The summed E-state index contributed by atoms with van der Waals surface area (Å²) in [6.45, 7) is -0.218. The topological polar surface area (TPSA) is 63.0 Å². The van der Waals surface area contributed by atoms with Crippen molar-refractivity contribution in [2.75, 3.05) is 5.75 Å². The van der Waals surface area contributed by atoms with Gasteiger partial charge in [0.05, 0.1) is 17.5 Å². The average molecular weight is 361 g/mol. The third kappa shape index (κ3) is 4.63. The molecule has 0 unspecified atom stereocenters. The Morgan fingerprint density at radius 2 is 1.96 bits per heavy atom. The molecule has 0 aromatic heterocycles. The van der Waals surface area contributed by atoms with Gasteiger partial charge >= 0.3 is 0 Å². The van der Waals surface area contributed by atoms with E-state index in [0.29, 0.717) is 22.2 Å². The summed E-state index contributed by atoms with van der Waals surface area (Å²) in [4.78, 5) is 11.0. The van der Waals surface area contributed by atoms with E-state index in [2.05, 4.69) is 15.5 Å². The van der Waals surface area contributed by atoms with Crippen molar-refractivity contribution in [3.8, 4) is 5.75 Å². The largest absolute Gasteiger partial charge is 0.489 e. The van der Waals surface area contributed by atoms with Crippen LogP contribution in [0.15, 0.2) is 52.7 Å². The number of thioether (sulfide) groups is 1. The number of benzene rings is 2. The Hall–Kier alpha value is -2.74. The Bertz CT molecular complexity index is 835. The molecule has 1 aliphatic rings. The molecular weight excluding hydrogens is 348 g/mol. The summed E-state index contributed by atoms with van der Waals surface area (Å²) in [6.07, 6.45) is 1.49. The third-order valence-corrected chi connectivity index (χ3v) is 4.11. The van der Waals surface area contributed by atoms with Gasteiger partial charge in [0.1, 0.15) is 24.0 Å². The van der Waals surface area contributed by atoms with Gasteiger partial charge in [-0.05, 0) is 29.8 Å². The van der Waals surface area contributed by atoms with Crippen LogP contribution in [0, 0.1) is 11.6 Å². The van der Waals surface area contributed by atoms with Gasteiger partial charge in [-0.1, -0.05) is 30.0 Å². The van der Waals surface area contributed by atoms with E-state index >= 15 is 0 Å². The van der Waals surface area contributed by atoms with E-state index in [-0.39, 0.29) is 18.1 Å². The monoisotopic (exact) mass is 361 g/mol. The summed E-state index contributed by atoms with van der Waals surface area (Å²) in [5.41, 5.74) is 0.576. The van der Waals surface area contributed by atoms with Gasteiger partial charge in [-0.15, -0.1) is 5.10 Å². The standard InChI is InChI=1S/C17H13F2N3O2S/c18-14-5-2-6-15(19)13(14)9-24-12-4-1-3-11(7-12)8-20-22-17-21-16(23)10-25-17/h1-8H,9-10H2,(H,21,22,23). The second kappa shape index (κ2) is 7.89. The van der Waals surface area contributed by atoms with Crippen molar-refractivity contribution in [2.45, 2.75) is 6.61 Å². The number of hydrogen-bond acceptors (Lipinski definition) is 5. The van der Waals surface area contributed by atoms with E-state index in [0.717, 1.165) is 0 Å². The van der Waals surface area contributed by atoms with Crippen LogP contribution in [0.4, 0.5) is 8.78 Å². The van der Waals surface area contributed by atoms with E-state index in [4.69, 9.17) is 4.74 Å². The molecule has 8 heteroatoms. The number of nitrogens with zero attached hydrogens (tertiary/aromatic N) is 2. The first-order valence-corrected chi connectivity index (χ1v) is 8.30. The van der Waals surface area contributed by atoms with Gasteiger partial charge in [-0.2, -0.15) is 5.10 Å². The molecule has 1 heterocycles. The highest BCUT2D eigenvalue weighted by atomic mass is 32.2. The minimum absolute atomic E-state index is 0.102. The van der Waals surface area contributed by atoms with Crippen LogP contribution in [0.3, 0.4) is 0 Å². The van der Waals surface area contributed by atoms with Crippen LogP contribution in [0.25, 0.3) is 0 Å². The minimum atomic E-state index is -0.648. The van der Waals surface area contributed by atoms with Crippen molar-refractivity contribution in [2.24, 2.45) is 10.2 Å². The lowest BCUT2D eigenvalue weighted by Gasteiger charge is -2.08. The number of amides is 1. The van der Waals surface area contributed by atoms with Gasteiger partial charge in [0.2, 0.25) is 5.91 Å². The number of nitrogens with one attached hydrogen (secondary N) is 1. The lowest BCUT2D eigenvalue weighted by atomic mass is 10.2. The Kier molecular flexibility index (Phi) is 5.39. The molecule has 0 aliphatic carbocycles. The molecule has 25 heavy (non-hydrogen) atoms. The van der Waals surface area contributed by atoms with Crippen molar-refractivity contribution >= 4 is 29.1 Å². The van der Waals surface area contributed by atoms with Gasteiger partial charge in [0.15, 0.2) is 5.17 Å². The summed E-state index contributed by atoms with van der Waals surface area (Å²) < 4.78 is 32.6. The van der Waals surface area contributed by atoms with Gasteiger partial charge in [-0.3, -0.25) is 4.79 Å². The molecule has 0 saturated carbocycles. The number of carbonyl (C=O) groups is 1. The molecule has 1 saturated heterocycles. The molecule has 3 rings (SSSR count). The molecule has 2 aromatic rings. The molecule has 0 radical (unpaired) electrons. The smallest absolute Gasteiger partial charge is 0.236 e. The molecule has 2 aromatic carbocycles. The van der Waals surface area contributed by atoms with Gasteiger partial charge in [-0.25, -0.2) is 8.78 Å². The van der Waals surface area contributed by atoms with Crippen molar-refractivity contribution in [3.05, 3.63) is 65.2 Å². The molecule has 128 valence electrons. The van der Waals surface area contributed by atoms with Gasteiger partial charge < -0.3 is 10.1 Å². The lowest BCUT2D eigenvalue weighted by Crippen LogP contribution is -2.19. The maximum Gasteiger partial charge on any atom is 0.236 e. The van der Waals surface area contributed by atoms with E-state index in [1.165, 1.54) is 36.2 Å². The molecule has 1 N–H and O–H groups in total. The number of halogens is 2. The number of rotatable bonds is 5. The quantitative estimate of drug-likeness (QED) is 0.658. The van der Waals surface area contributed by atoms with Crippen molar-refractivity contribution in [1.82, 2.24) is 5.32 Å². The summed E-state index contributed by atoms with van der Waals surface area (Å²) >= 11 is 1.28. The van der Waals surface area contributed by atoms with E-state index in [1.54, 1.807) is 24.3 Å². The predicted molar refractivity (Wildman–Crippen MR) is 92.8 cm³/mol. The first-order chi connectivity index (χ1) is 12.1. The predicted octanol–water partition coefficient (Wildman–Crippen LogP) is 3.10. The second-order valence-electron chi connectivity index (χ2n) is 5.05. The first kappa shape index (κ1) is 17.1. The average Bonchev–Trinajstić information content (AvgIpc) is 3.00. The first-order valence-electron chi connectivity index (χ1n) is 7.31. The molecular formula is C17H13F2N3O2S. The number of hydrogen-bond donors (Lipinski definition) is 1. The van der Waals surface area contributed by atoms with Crippen molar-refractivity contribution < 1.29 is 18.3 Å². The lowest BCUT2D eigenvalue weighted by molar-refractivity contribution is -0.116. The summed E-state index contributed by atoms with van der Waals surface area (Å²) in [5, 5.41) is 10.8. The summed E-state index contributed by atoms with van der Waals surface area (Å²) in [7, 11) is 0. The Morgan fingerprint density at radius 1 is 1.20 bits per heavy atom. The van der Waals surface area contributed by atoms with E-state index < -0.39 is 11.6 Å². The third-order valence-electron chi connectivity index (χ3n) is 3.24. The minimum Gasteiger partial charge on any atom is -0.489 e. The second-order valence-corrected chi connectivity index (χ2v) is 6.01. The molecule has 0 spiro atoms. The SMILES string of the molecule is O=C1CSC(=NN=Cc2cccc(OCc3c(F)cccc3F)c2)N1. The summed E-state index contributed by atoms with van der Waals surface area (Å²) in [5.74, 6) is -0.614. The van der Waals surface area contributed by atoms with E-state index in [9.17, 15) is 13.6 Å². The Balaban J connectivity index is 1.64. The van der Waals surface area contributed by atoms with Gasteiger partial charge in [0, 0.05) is 0 Å². The summed E-state index contributed by atoms with van der Waals surface area (Å²) in [6, 6.07) is 10.5. The zero-order valence-electron chi connectivity index (χ0n) is 12.9. The van der Waals surface area contributed by atoms with Gasteiger partial charge in [0.25, 0.3) is 0 Å². The highest BCUT2D eigenvalue weighted by molar-refractivity contribution is 8.15. The number of amidine groups is 1. The van der Waals surface area contributed by atoms with Crippen LogP contribution in [-0.4, -0.2) is 23.0 Å². The fourth-order valence-corrected chi connectivity index (χ4v) is 2.67. The molecule has 0 bridgehead atoms. The fourth-order valence-electron chi connectivity index (χ4n) is 2.04. The Labute approximate surface area is 146 Å². The maximum absolute atomic E-state index is 13.6. The van der Waals surface area contributed by atoms with Crippen molar-refractivity contribution in [3.63, 3.8) is 0 Å². The van der Waals surface area contributed by atoms with Crippen LogP contribution in [0.2, 0.25) is 0 Å². The van der Waals surface area contributed by atoms with Crippen LogP contribution in [0.5, 0.6) is 5.75 Å². The van der Waals surface area contributed by atoms with E-state index in [1.807, 2.05) is 0 Å². The molecule has 5 nitrogen and oxygen atoms in total. The molecule has 0 atom stereocenters. The fraction of sp³-hybridized carbons (Fsp3) is 0.118. The zero-order valence-corrected chi connectivity index (χ0v) is 13.7.